The summed E-state index contributed by atoms with van der Waals surface area (Å²) in [5, 5.41) is 9.32. The molecule has 11 heavy (non-hydrogen) atoms. The number of anilines is 1. The third-order valence-electron chi connectivity index (χ3n) is 1.19. The number of rotatable bonds is 2. The van der Waals surface area contributed by atoms with E-state index in [0.717, 1.165) is 0 Å². The number of alkyl halides is 2. The third-order valence-corrected chi connectivity index (χ3v) is 1.19. The molecule has 0 fully saturated rings. The predicted octanol–water partition coefficient (Wildman–Crippen LogP) is 1.46. The van der Waals surface area contributed by atoms with Crippen molar-refractivity contribution in [1.82, 2.24) is 10.2 Å². The van der Waals surface area contributed by atoms with Crippen LogP contribution in [0.4, 0.5) is 14.5 Å². The molecule has 5 heteroatoms. The van der Waals surface area contributed by atoms with Gasteiger partial charge < -0.3 is 5.32 Å². The Bertz CT molecular complexity index is 239. The van der Waals surface area contributed by atoms with Crippen LogP contribution in [-0.4, -0.2) is 17.2 Å². The standard InChI is InChI=1S/C6H7F2N3/c1-9-4-2-5(6(7)8)11-10-3-4/h2-3,6H,1H3,(H,9,11). The molecule has 1 aromatic heterocycles. The highest BCUT2D eigenvalue weighted by atomic mass is 19.3. The van der Waals surface area contributed by atoms with Crippen LogP contribution in [-0.2, 0) is 0 Å². The quantitative estimate of drug-likeness (QED) is 0.709. The molecule has 0 atom stereocenters. The summed E-state index contributed by atoms with van der Waals surface area (Å²) in [7, 11) is 1.63. The van der Waals surface area contributed by atoms with Crippen molar-refractivity contribution in [3.63, 3.8) is 0 Å². The lowest BCUT2D eigenvalue weighted by Crippen LogP contribution is -1.96. The largest absolute Gasteiger partial charge is 0.387 e. The fraction of sp³-hybridized carbons (Fsp3) is 0.333. The van der Waals surface area contributed by atoms with Crippen molar-refractivity contribution in [2.75, 3.05) is 12.4 Å². The van der Waals surface area contributed by atoms with E-state index < -0.39 is 6.43 Å². The Labute approximate surface area is 62.4 Å². The van der Waals surface area contributed by atoms with Crippen molar-refractivity contribution in [2.24, 2.45) is 0 Å². The Morgan fingerprint density at radius 3 is 2.82 bits per heavy atom. The second-order valence-corrected chi connectivity index (χ2v) is 1.92. The van der Waals surface area contributed by atoms with Crippen LogP contribution in [0.3, 0.4) is 0 Å². The van der Waals surface area contributed by atoms with Gasteiger partial charge in [-0.05, 0) is 6.07 Å². The van der Waals surface area contributed by atoms with Crippen molar-refractivity contribution in [3.05, 3.63) is 18.0 Å². The Balaban J connectivity index is 2.91. The van der Waals surface area contributed by atoms with E-state index in [1.54, 1.807) is 7.05 Å². The first kappa shape index (κ1) is 7.84. The van der Waals surface area contributed by atoms with Gasteiger partial charge in [0, 0.05) is 7.05 Å². The lowest BCUT2D eigenvalue weighted by molar-refractivity contribution is 0.145. The molecular weight excluding hydrogens is 152 g/mol. The van der Waals surface area contributed by atoms with Crippen molar-refractivity contribution in [3.8, 4) is 0 Å². The zero-order chi connectivity index (χ0) is 8.27. The molecule has 0 saturated carbocycles. The predicted molar refractivity (Wildman–Crippen MR) is 36.5 cm³/mol. The van der Waals surface area contributed by atoms with Crippen LogP contribution in [0.2, 0.25) is 0 Å². The SMILES string of the molecule is CNc1cnnc(C(F)F)c1. The minimum atomic E-state index is -2.56. The van der Waals surface area contributed by atoms with Gasteiger partial charge in [0.1, 0.15) is 5.69 Å². The fourth-order valence-corrected chi connectivity index (χ4v) is 0.627. The van der Waals surface area contributed by atoms with E-state index in [1.165, 1.54) is 12.3 Å². The van der Waals surface area contributed by atoms with Crippen molar-refractivity contribution in [1.29, 1.82) is 0 Å². The van der Waals surface area contributed by atoms with E-state index in [9.17, 15) is 8.78 Å². The topological polar surface area (TPSA) is 37.8 Å². The molecule has 1 aromatic rings. The van der Waals surface area contributed by atoms with E-state index in [4.69, 9.17) is 0 Å². The lowest BCUT2D eigenvalue weighted by atomic mass is 10.3. The van der Waals surface area contributed by atoms with Gasteiger partial charge >= 0.3 is 0 Å². The first-order valence-electron chi connectivity index (χ1n) is 3.02. The first-order chi connectivity index (χ1) is 5.24. The molecule has 60 valence electrons. The van der Waals surface area contributed by atoms with Crippen molar-refractivity contribution >= 4 is 5.69 Å². The summed E-state index contributed by atoms with van der Waals surface area (Å²) in [6.07, 6.45) is -1.18. The monoisotopic (exact) mass is 159 g/mol. The van der Waals surface area contributed by atoms with Crippen LogP contribution in [0.25, 0.3) is 0 Å². The molecule has 0 spiro atoms. The molecule has 0 aliphatic carbocycles. The number of hydrogen-bond acceptors (Lipinski definition) is 3. The number of nitrogens with one attached hydrogen (secondary N) is 1. The normalized spacial score (nSPS) is 10.2. The van der Waals surface area contributed by atoms with Crippen molar-refractivity contribution < 1.29 is 8.78 Å². The summed E-state index contributed by atoms with van der Waals surface area (Å²) in [6.45, 7) is 0. The number of halogens is 2. The van der Waals surface area contributed by atoms with Crippen LogP contribution in [0.1, 0.15) is 12.1 Å². The van der Waals surface area contributed by atoms with E-state index in [-0.39, 0.29) is 5.69 Å². The highest BCUT2D eigenvalue weighted by molar-refractivity contribution is 5.40. The van der Waals surface area contributed by atoms with Crippen molar-refractivity contribution in [2.45, 2.75) is 6.43 Å². The van der Waals surface area contributed by atoms with E-state index >= 15 is 0 Å². The molecule has 1 heterocycles. The van der Waals surface area contributed by atoms with Gasteiger partial charge in [0.25, 0.3) is 6.43 Å². The molecule has 0 radical (unpaired) electrons. The molecule has 0 unspecified atom stereocenters. The lowest BCUT2D eigenvalue weighted by Gasteiger charge is -2.00. The smallest absolute Gasteiger partial charge is 0.282 e. The highest BCUT2D eigenvalue weighted by Crippen LogP contribution is 2.17. The molecule has 0 aliphatic rings. The second kappa shape index (κ2) is 3.23. The molecule has 0 amide bonds. The fourth-order valence-electron chi connectivity index (χ4n) is 0.627. The van der Waals surface area contributed by atoms with E-state index in [0.29, 0.717) is 5.69 Å². The Morgan fingerprint density at radius 2 is 2.27 bits per heavy atom. The first-order valence-corrected chi connectivity index (χ1v) is 3.02. The zero-order valence-electron chi connectivity index (χ0n) is 5.88. The van der Waals surface area contributed by atoms with Crippen LogP contribution in [0, 0.1) is 0 Å². The van der Waals surface area contributed by atoms with Gasteiger partial charge in [0.15, 0.2) is 0 Å². The minimum Gasteiger partial charge on any atom is -0.387 e. The summed E-state index contributed by atoms with van der Waals surface area (Å²) < 4.78 is 23.9. The average Bonchev–Trinajstić information content (AvgIpc) is 2.05. The molecular formula is C6H7F2N3. The van der Waals surface area contributed by atoms with Crippen LogP contribution in [0.5, 0.6) is 0 Å². The number of nitrogens with zero attached hydrogens (tertiary/aromatic N) is 2. The molecule has 1 N–H and O–H groups in total. The molecule has 1 rings (SSSR count). The van der Waals surface area contributed by atoms with Gasteiger partial charge in [-0.25, -0.2) is 8.78 Å². The summed E-state index contributed by atoms with van der Waals surface area (Å²) in [6, 6.07) is 1.26. The molecule has 0 bridgehead atoms. The van der Waals surface area contributed by atoms with Gasteiger partial charge in [-0.3, -0.25) is 0 Å². The molecule has 3 nitrogen and oxygen atoms in total. The van der Waals surface area contributed by atoms with Crippen LogP contribution >= 0.6 is 0 Å². The number of hydrogen-bond donors (Lipinski definition) is 1. The van der Waals surface area contributed by atoms with Gasteiger partial charge in [0.2, 0.25) is 0 Å². The average molecular weight is 159 g/mol. The summed E-state index contributed by atoms with van der Waals surface area (Å²) >= 11 is 0. The molecule has 0 saturated heterocycles. The Morgan fingerprint density at radius 1 is 1.55 bits per heavy atom. The molecule has 0 aromatic carbocycles. The highest BCUT2D eigenvalue weighted by Gasteiger charge is 2.08. The Hall–Kier alpha value is -1.26. The van der Waals surface area contributed by atoms with E-state index in [2.05, 4.69) is 15.5 Å². The van der Waals surface area contributed by atoms with E-state index in [1.807, 2.05) is 0 Å². The van der Waals surface area contributed by atoms with Gasteiger partial charge in [-0.15, -0.1) is 5.10 Å². The Kier molecular flexibility index (Phi) is 2.30. The molecule has 0 aliphatic heterocycles. The summed E-state index contributed by atoms with van der Waals surface area (Å²) in [4.78, 5) is 0. The maximum Gasteiger partial charge on any atom is 0.282 e. The third kappa shape index (κ3) is 1.83. The number of aromatic nitrogens is 2. The zero-order valence-corrected chi connectivity index (χ0v) is 5.88. The second-order valence-electron chi connectivity index (χ2n) is 1.92. The maximum absolute atomic E-state index is 12.0. The maximum atomic E-state index is 12.0. The minimum absolute atomic E-state index is 0.308. The van der Waals surface area contributed by atoms with Crippen LogP contribution in [0.15, 0.2) is 12.3 Å². The summed E-state index contributed by atoms with van der Waals surface area (Å²) in [5.41, 5.74) is 0.229. The van der Waals surface area contributed by atoms with Gasteiger partial charge in [-0.2, -0.15) is 5.10 Å². The van der Waals surface area contributed by atoms with Gasteiger partial charge in [-0.1, -0.05) is 0 Å². The van der Waals surface area contributed by atoms with Gasteiger partial charge in [0.05, 0.1) is 11.9 Å². The van der Waals surface area contributed by atoms with Crippen LogP contribution < -0.4 is 5.32 Å². The summed E-state index contributed by atoms with van der Waals surface area (Å²) in [5.74, 6) is 0.